The van der Waals surface area contributed by atoms with Gasteiger partial charge >= 0.3 is 0 Å². The van der Waals surface area contributed by atoms with E-state index in [-0.39, 0.29) is 17.4 Å². The molecule has 4 aromatic rings. The van der Waals surface area contributed by atoms with Gasteiger partial charge in [-0.3, -0.25) is 19.2 Å². The summed E-state index contributed by atoms with van der Waals surface area (Å²) in [7, 11) is 3.61. The van der Waals surface area contributed by atoms with Crippen molar-refractivity contribution >= 4 is 40.7 Å². The van der Waals surface area contributed by atoms with Gasteiger partial charge in [0.25, 0.3) is 17.7 Å². The molecule has 0 aliphatic carbocycles. The van der Waals surface area contributed by atoms with Gasteiger partial charge in [-0.05, 0) is 62.4 Å². The van der Waals surface area contributed by atoms with Crippen molar-refractivity contribution in [3.63, 3.8) is 0 Å². The topological polar surface area (TPSA) is 140 Å². The van der Waals surface area contributed by atoms with Crippen molar-refractivity contribution in [2.45, 2.75) is 13.8 Å². The lowest BCUT2D eigenvalue weighted by atomic mass is 10.0. The molecule has 0 spiro atoms. The fourth-order valence-corrected chi connectivity index (χ4v) is 5.80. The van der Waals surface area contributed by atoms with Gasteiger partial charge in [-0.15, -0.1) is 0 Å². The lowest BCUT2D eigenvalue weighted by molar-refractivity contribution is -0.110. The fraction of sp³-hybridized carbons (Fsp3) is 0.235. The Morgan fingerprint density at radius 2 is 1.69 bits per heavy atom. The van der Waals surface area contributed by atoms with E-state index in [1.54, 1.807) is 61.8 Å². The van der Waals surface area contributed by atoms with E-state index in [0.717, 1.165) is 24.3 Å². The first-order valence-corrected chi connectivity index (χ1v) is 14.7. The molecule has 2 aromatic carbocycles. The first kappa shape index (κ1) is 29.6. The number of fused-ring (bicyclic) bond motifs is 1. The molecular formula is C34H34N6O5. The highest BCUT2D eigenvalue weighted by Crippen LogP contribution is 2.36. The zero-order valence-electron chi connectivity index (χ0n) is 25.5. The number of ether oxygens (including phenoxy) is 1. The Morgan fingerprint density at radius 3 is 2.40 bits per heavy atom. The quantitative estimate of drug-likeness (QED) is 0.244. The number of aromatic nitrogens is 2. The first-order chi connectivity index (χ1) is 21.6. The maximum Gasteiger partial charge on any atom is 0.261 e. The van der Waals surface area contributed by atoms with Crippen molar-refractivity contribution in [1.82, 2.24) is 19.8 Å². The van der Waals surface area contributed by atoms with E-state index < -0.39 is 11.3 Å². The van der Waals surface area contributed by atoms with Crippen LogP contribution in [0.15, 0.2) is 59.7 Å². The number of rotatable bonds is 6. The molecule has 2 aliphatic rings. The summed E-state index contributed by atoms with van der Waals surface area (Å²) in [5.41, 5.74) is 5.45. The number of hydrogen-bond donors (Lipinski definition) is 4. The lowest BCUT2D eigenvalue weighted by Crippen LogP contribution is -2.47. The van der Waals surface area contributed by atoms with Crippen molar-refractivity contribution in [3.8, 4) is 16.9 Å². The van der Waals surface area contributed by atoms with Gasteiger partial charge in [0.05, 0.1) is 23.9 Å². The molecule has 0 bridgehead atoms. The summed E-state index contributed by atoms with van der Waals surface area (Å²) in [6, 6.07) is 12.1. The van der Waals surface area contributed by atoms with Gasteiger partial charge in [0.15, 0.2) is 0 Å². The Labute approximate surface area is 259 Å². The number of aryl methyl sites for hydroxylation is 1. The molecule has 2 aliphatic heterocycles. The molecule has 6 rings (SSSR count). The van der Waals surface area contributed by atoms with Crippen LogP contribution >= 0.6 is 0 Å². The van der Waals surface area contributed by atoms with E-state index in [2.05, 4.69) is 25.5 Å². The third-order valence-electron chi connectivity index (χ3n) is 8.42. The average Bonchev–Trinajstić information content (AvgIpc) is 3.50. The minimum Gasteiger partial charge on any atom is -0.497 e. The van der Waals surface area contributed by atoms with Gasteiger partial charge in [0.1, 0.15) is 11.3 Å². The molecule has 11 heteroatoms. The normalized spacial score (nSPS) is 15.6. The molecule has 11 nitrogen and oxygen atoms in total. The number of likely N-dealkylation sites (N-methyl/N-ethyl adjacent to an activating group) is 1. The third-order valence-corrected chi connectivity index (χ3v) is 8.42. The second kappa shape index (κ2) is 11.9. The van der Waals surface area contributed by atoms with E-state index in [9.17, 15) is 19.2 Å². The van der Waals surface area contributed by atoms with Crippen LogP contribution in [-0.4, -0.2) is 77.8 Å². The molecule has 4 N–H and O–H groups in total. The van der Waals surface area contributed by atoms with Crippen LogP contribution in [0.3, 0.4) is 0 Å². The Bertz CT molecular complexity index is 1910. The summed E-state index contributed by atoms with van der Waals surface area (Å²) in [5.74, 6) is -0.230. The molecule has 1 saturated heterocycles. The standard InChI is InChI=1S/C34H34N6O5/c1-19-28(36-20(2)30(19)34(44)40-13-11-39(3)12-14-40)16-25-24-10-7-22(15-29(24)38-32(25)42)37-33(43)27-18-35-17-26(31(27)41)21-5-8-23(45-4)9-6-21/h5-10,15-18,36H,11-14H2,1-4H3,(H,35,41)(H,37,43)(H,38,42). The lowest BCUT2D eigenvalue weighted by Gasteiger charge is -2.32. The molecule has 2 aromatic heterocycles. The largest absolute Gasteiger partial charge is 0.497 e. The molecule has 3 amide bonds. The number of anilines is 2. The van der Waals surface area contributed by atoms with E-state index in [1.165, 1.54) is 6.20 Å². The highest BCUT2D eigenvalue weighted by atomic mass is 16.5. The van der Waals surface area contributed by atoms with Gasteiger partial charge in [-0.2, -0.15) is 0 Å². The number of methoxy groups -OCH3 is 1. The third kappa shape index (κ3) is 5.65. The molecule has 0 unspecified atom stereocenters. The van der Waals surface area contributed by atoms with Gasteiger partial charge in [0, 0.05) is 66.8 Å². The number of nitrogens with one attached hydrogen (secondary N) is 4. The maximum atomic E-state index is 13.4. The number of aromatic amines is 2. The van der Waals surface area contributed by atoms with Gasteiger partial charge in [-0.25, -0.2) is 0 Å². The van der Waals surface area contributed by atoms with Crippen LogP contribution in [0.25, 0.3) is 22.8 Å². The molecule has 0 atom stereocenters. The Balaban J connectivity index is 1.22. The van der Waals surface area contributed by atoms with Crippen molar-refractivity contribution in [2.75, 3.05) is 51.0 Å². The van der Waals surface area contributed by atoms with Crippen LogP contribution in [0.2, 0.25) is 0 Å². The fourth-order valence-electron chi connectivity index (χ4n) is 5.80. The summed E-state index contributed by atoms with van der Waals surface area (Å²) in [6.45, 7) is 6.76. The number of piperazine rings is 1. The van der Waals surface area contributed by atoms with Gasteiger partial charge in [-0.1, -0.05) is 18.2 Å². The number of pyridine rings is 1. The number of H-pyrrole nitrogens is 2. The van der Waals surface area contributed by atoms with Crippen LogP contribution in [0.5, 0.6) is 5.75 Å². The average molecular weight is 607 g/mol. The number of hydrogen-bond acceptors (Lipinski definition) is 6. The maximum absolute atomic E-state index is 13.4. The highest BCUT2D eigenvalue weighted by Gasteiger charge is 2.28. The van der Waals surface area contributed by atoms with E-state index >= 15 is 0 Å². The van der Waals surface area contributed by atoms with Crippen molar-refractivity contribution < 1.29 is 19.1 Å². The van der Waals surface area contributed by atoms with Gasteiger partial charge in [0.2, 0.25) is 5.43 Å². The second-order valence-corrected chi connectivity index (χ2v) is 11.3. The number of benzene rings is 2. The van der Waals surface area contributed by atoms with Crippen LogP contribution in [0.1, 0.15) is 43.2 Å². The van der Waals surface area contributed by atoms with Crippen molar-refractivity contribution in [1.29, 1.82) is 0 Å². The van der Waals surface area contributed by atoms with E-state index in [1.807, 2.05) is 25.8 Å². The zero-order valence-corrected chi connectivity index (χ0v) is 25.5. The second-order valence-electron chi connectivity index (χ2n) is 11.3. The molecule has 45 heavy (non-hydrogen) atoms. The SMILES string of the molecule is COc1ccc(-c2c[nH]cc(C(=O)Nc3ccc4c(c3)NC(=O)C4=Cc3[nH]c(C)c(C(=O)N4CCN(C)CC4)c3C)c2=O)cc1. The molecule has 0 radical (unpaired) electrons. The predicted molar refractivity (Wildman–Crippen MR) is 174 cm³/mol. The summed E-state index contributed by atoms with van der Waals surface area (Å²) in [4.78, 5) is 63.0. The van der Waals surface area contributed by atoms with Crippen LogP contribution in [0.4, 0.5) is 11.4 Å². The first-order valence-electron chi connectivity index (χ1n) is 14.7. The number of amides is 3. The summed E-state index contributed by atoms with van der Waals surface area (Å²) in [6.07, 6.45) is 4.68. The summed E-state index contributed by atoms with van der Waals surface area (Å²) >= 11 is 0. The molecular weight excluding hydrogens is 572 g/mol. The minimum atomic E-state index is -0.582. The zero-order chi connectivity index (χ0) is 31.8. The monoisotopic (exact) mass is 606 g/mol. The smallest absolute Gasteiger partial charge is 0.261 e. The Kier molecular flexibility index (Phi) is 7.86. The van der Waals surface area contributed by atoms with Crippen LogP contribution < -0.4 is 20.8 Å². The highest BCUT2D eigenvalue weighted by molar-refractivity contribution is 6.35. The van der Waals surface area contributed by atoms with E-state index in [4.69, 9.17) is 4.74 Å². The number of carbonyl (C=O) groups is 3. The number of carbonyl (C=O) groups excluding carboxylic acids is 3. The van der Waals surface area contributed by atoms with Crippen molar-refractivity contribution in [3.05, 3.63) is 98.7 Å². The predicted octanol–water partition coefficient (Wildman–Crippen LogP) is 4.13. The van der Waals surface area contributed by atoms with Gasteiger partial charge < -0.3 is 35.1 Å². The number of nitrogens with zero attached hydrogens (tertiary/aromatic N) is 2. The van der Waals surface area contributed by atoms with Crippen LogP contribution in [0, 0.1) is 13.8 Å². The minimum absolute atomic E-state index is 0.0102. The molecule has 0 saturated carbocycles. The molecule has 4 heterocycles. The van der Waals surface area contributed by atoms with Crippen molar-refractivity contribution in [2.24, 2.45) is 0 Å². The molecule has 1 fully saturated rings. The molecule has 230 valence electrons. The Morgan fingerprint density at radius 1 is 0.956 bits per heavy atom. The summed E-state index contributed by atoms with van der Waals surface area (Å²) < 4.78 is 5.18. The Hall–Kier alpha value is -5.42. The van der Waals surface area contributed by atoms with Crippen LogP contribution in [-0.2, 0) is 4.79 Å². The summed E-state index contributed by atoms with van der Waals surface area (Å²) in [5, 5.41) is 5.63. The van der Waals surface area contributed by atoms with E-state index in [0.29, 0.717) is 63.7 Å².